The largest absolute Gasteiger partial charge is 0.326 e. The Kier molecular flexibility index (Phi) is 7.21. The summed E-state index contributed by atoms with van der Waals surface area (Å²) in [4.78, 5) is 0. The van der Waals surface area contributed by atoms with Gasteiger partial charge in [-0.1, -0.05) is 18.7 Å². The summed E-state index contributed by atoms with van der Waals surface area (Å²) >= 11 is 0. The first-order chi connectivity index (χ1) is 7.81. The van der Waals surface area contributed by atoms with Gasteiger partial charge in [-0.05, 0) is 24.6 Å². The van der Waals surface area contributed by atoms with Crippen molar-refractivity contribution in [3.63, 3.8) is 0 Å². The molecule has 0 aliphatic rings. The molecule has 16 heavy (non-hydrogen) atoms. The Balaban J connectivity index is 0.00000106. The minimum absolute atomic E-state index is 0.561. The Morgan fingerprint density at radius 3 is 2.31 bits per heavy atom. The van der Waals surface area contributed by atoms with E-state index in [9.17, 15) is 0 Å². The highest BCUT2D eigenvalue weighted by Gasteiger charge is 1.98. The molecule has 0 aliphatic heterocycles. The van der Waals surface area contributed by atoms with E-state index in [0.717, 1.165) is 11.3 Å². The molecule has 2 N–H and O–H groups in total. The summed E-state index contributed by atoms with van der Waals surface area (Å²) < 4.78 is 0. The van der Waals surface area contributed by atoms with E-state index in [1.165, 1.54) is 0 Å². The van der Waals surface area contributed by atoms with Crippen molar-refractivity contribution in [3.05, 3.63) is 42.6 Å². The first-order valence-corrected chi connectivity index (χ1v) is 4.84. The summed E-state index contributed by atoms with van der Waals surface area (Å²) in [5.74, 6) is 0. The van der Waals surface area contributed by atoms with Crippen LogP contribution in [0.3, 0.4) is 0 Å². The molecule has 0 spiro atoms. The minimum atomic E-state index is 0.561. The van der Waals surface area contributed by atoms with E-state index in [0.29, 0.717) is 6.54 Å². The van der Waals surface area contributed by atoms with Crippen LogP contribution in [0.25, 0.3) is 0 Å². The molecule has 0 amide bonds. The normalized spacial score (nSPS) is 9.25. The van der Waals surface area contributed by atoms with E-state index in [1.807, 2.05) is 31.2 Å². The molecule has 0 saturated heterocycles. The SMILES string of the molecule is C#C.C=CN(/N=C\C)c1ccc(CN)cc1. The zero-order valence-electron chi connectivity index (χ0n) is 9.50. The minimum Gasteiger partial charge on any atom is -0.326 e. The quantitative estimate of drug-likeness (QED) is 0.476. The van der Waals surface area contributed by atoms with Gasteiger partial charge in [0.05, 0.1) is 5.69 Å². The lowest BCUT2D eigenvalue weighted by molar-refractivity contribution is 1.05. The number of rotatable bonds is 4. The summed E-state index contributed by atoms with van der Waals surface area (Å²) in [5, 5.41) is 5.84. The molecule has 0 aromatic heterocycles. The number of benzene rings is 1. The molecular weight excluding hydrogens is 198 g/mol. The lowest BCUT2D eigenvalue weighted by Gasteiger charge is -2.13. The van der Waals surface area contributed by atoms with Crippen molar-refractivity contribution in [1.29, 1.82) is 0 Å². The third-order valence-electron chi connectivity index (χ3n) is 1.85. The maximum atomic E-state index is 5.50. The van der Waals surface area contributed by atoms with Crippen LogP contribution in [0.1, 0.15) is 12.5 Å². The summed E-state index contributed by atoms with van der Waals surface area (Å²) in [5.41, 5.74) is 7.60. The Bertz CT molecular complexity index is 349. The number of nitrogens with zero attached hydrogens (tertiary/aromatic N) is 2. The number of hydrazone groups is 1. The molecule has 0 aliphatic carbocycles. The van der Waals surface area contributed by atoms with Crippen LogP contribution >= 0.6 is 0 Å². The Hall–Kier alpha value is -2.05. The van der Waals surface area contributed by atoms with Crippen molar-refractivity contribution < 1.29 is 0 Å². The molecule has 1 rings (SSSR count). The van der Waals surface area contributed by atoms with Gasteiger partial charge in [-0.15, -0.1) is 12.8 Å². The van der Waals surface area contributed by atoms with Crippen molar-refractivity contribution in [2.75, 3.05) is 5.01 Å². The summed E-state index contributed by atoms with van der Waals surface area (Å²) in [6, 6.07) is 7.90. The Morgan fingerprint density at radius 2 is 1.94 bits per heavy atom. The van der Waals surface area contributed by atoms with Gasteiger partial charge in [-0.25, -0.2) is 5.01 Å². The van der Waals surface area contributed by atoms with E-state index in [-0.39, 0.29) is 0 Å². The third-order valence-corrected chi connectivity index (χ3v) is 1.85. The van der Waals surface area contributed by atoms with Crippen molar-refractivity contribution in [2.45, 2.75) is 13.5 Å². The second-order valence-electron chi connectivity index (χ2n) is 2.77. The standard InChI is InChI=1S/C11H15N3.C2H2/c1-3-13-14(4-2)11-7-5-10(9-12)6-8-11;1-2/h3-8H,2,9,12H2,1H3;1-2H/b13-3-;. The summed E-state index contributed by atoms with van der Waals surface area (Å²) in [7, 11) is 0. The highest BCUT2D eigenvalue weighted by molar-refractivity contribution is 5.58. The number of anilines is 1. The monoisotopic (exact) mass is 215 g/mol. The predicted molar refractivity (Wildman–Crippen MR) is 71.1 cm³/mol. The van der Waals surface area contributed by atoms with E-state index >= 15 is 0 Å². The van der Waals surface area contributed by atoms with Gasteiger partial charge in [0.1, 0.15) is 0 Å². The highest BCUT2D eigenvalue weighted by Crippen LogP contribution is 2.15. The molecular formula is C13H17N3. The van der Waals surface area contributed by atoms with Gasteiger partial charge < -0.3 is 5.73 Å². The van der Waals surface area contributed by atoms with Crippen LogP contribution < -0.4 is 10.7 Å². The molecule has 3 nitrogen and oxygen atoms in total. The average molecular weight is 215 g/mol. The van der Waals surface area contributed by atoms with Gasteiger partial charge in [0.25, 0.3) is 0 Å². The van der Waals surface area contributed by atoms with Gasteiger partial charge in [0.2, 0.25) is 0 Å². The number of hydrogen-bond acceptors (Lipinski definition) is 3. The molecule has 0 unspecified atom stereocenters. The van der Waals surface area contributed by atoms with Crippen LogP contribution in [-0.2, 0) is 6.54 Å². The second-order valence-corrected chi connectivity index (χ2v) is 2.77. The topological polar surface area (TPSA) is 41.6 Å². The number of hydrogen-bond donors (Lipinski definition) is 1. The summed E-state index contributed by atoms with van der Waals surface area (Å²) in [6.07, 6.45) is 11.4. The fourth-order valence-electron chi connectivity index (χ4n) is 1.13. The highest BCUT2D eigenvalue weighted by atomic mass is 15.4. The van der Waals surface area contributed by atoms with E-state index in [2.05, 4.69) is 24.5 Å². The molecule has 0 heterocycles. The Labute approximate surface area is 97.3 Å². The lowest BCUT2D eigenvalue weighted by Crippen LogP contribution is -2.06. The molecule has 0 fully saturated rings. The van der Waals surface area contributed by atoms with Crippen LogP contribution in [0, 0.1) is 12.8 Å². The number of terminal acetylenes is 1. The van der Waals surface area contributed by atoms with Gasteiger partial charge in [-0.3, -0.25) is 0 Å². The molecule has 1 aromatic rings. The van der Waals surface area contributed by atoms with E-state index < -0.39 is 0 Å². The van der Waals surface area contributed by atoms with Crippen molar-refractivity contribution in [2.24, 2.45) is 10.8 Å². The predicted octanol–water partition coefficient (Wildman–Crippen LogP) is 2.35. The lowest BCUT2D eigenvalue weighted by atomic mass is 10.2. The molecule has 1 aromatic carbocycles. The third kappa shape index (κ3) is 3.99. The second kappa shape index (κ2) is 8.27. The fraction of sp³-hybridized carbons (Fsp3) is 0.154. The van der Waals surface area contributed by atoms with Crippen LogP contribution in [0.4, 0.5) is 5.69 Å². The fourth-order valence-corrected chi connectivity index (χ4v) is 1.13. The molecule has 0 saturated carbocycles. The van der Waals surface area contributed by atoms with Crippen LogP contribution in [0.15, 0.2) is 42.1 Å². The van der Waals surface area contributed by atoms with Crippen LogP contribution in [0.5, 0.6) is 0 Å². The van der Waals surface area contributed by atoms with E-state index in [4.69, 9.17) is 5.73 Å². The molecule has 3 heteroatoms. The zero-order chi connectivity index (χ0) is 12.4. The zero-order valence-corrected chi connectivity index (χ0v) is 9.50. The average Bonchev–Trinajstić information content (AvgIpc) is 2.38. The van der Waals surface area contributed by atoms with Crippen LogP contribution in [0.2, 0.25) is 0 Å². The molecule has 0 bridgehead atoms. The molecule has 0 atom stereocenters. The number of nitrogens with two attached hydrogens (primary N) is 1. The van der Waals surface area contributed by atoms with E-state index in [1.54, 1.807) is 17.4 Å². The van der Waals surface area contributed by atoms with Gasteiger partial charge in [-0.2, -0.15) is 5.10 Å². The Morgan fingerprint density at radius 1 is 1.38 bits per heavy atom. The van der Waals surface area contributed by atoms with Crippen molar-refractivity contribution >= 4 is 11.9 Å². The van der Waals surface area contributed by atoms with Gasteiger partial charge >= 0.3 is 0 Å². The first-order valence-electron chi connectivity index (χ1n) is 4.84. The smallest absolute Gasteiger partial charge is 0.0645 e. The van der Waals surface area contributed by atoms with Gasteiger partial charge in [0.15, 0.2) is 0 Å². The van der Waals surface area contributed by atoms with Crippen LogP contribution in [-0.4, -0.2) is 6.21 Å². The first kappa shape index (κ1) is 14.0. The maximum Gasteiger partial charge on any atom is 0.0645 e. The maximum absolute atomic E-state index is 5.50. The van der Waals surface area contributed by atoms with Gasteiger partial charge in [0, 0.05) is 19.0 Å². The molecule has 0 radical (unpaired) electrons. The van der Waals surface area contributed by atoms with Crippen molar-refractivity contribution in [3.8, 4) is 12.8 Å². The van der Waals surface area contributed by atoms with Crippen molar-refractivity contribution in [1.82, 2.24) is 0 Å². The molecule has 84 valence electrons. The summed E-state index contributed by atoms with van der Waals surface area (Å²) in [6.45, 7) is 6.11.